The standard InChI is InChI=1S/C8H9N3O6/c1-16-6-3-2-5(11(14)15)8(9-6)10-17-4-7(12)13/h2-3H,4H2,1H3,(H,9,10)(H,12,13). The summed E-state index contributed by atoms with van der Waals surface area (Å²) in [5.41, 5.74) is 1.74. The van der Waals surface area contributed by atoms with E-state index < -0.39 is 17.5 Å². The largest absolute Gasteiger partial charge is 0.481 e. The highest BCUT2D eigenvalue weighted by Crippen LogP contribution is 2.24. The SMILES string of the molecule is COc1ccc([N+](=O)[O-])c(NOCC(=O)O)n1. The number of carboxylic acids is 1. The van der Waals surface area contributed by atoms with E-state index in [2.05, 4.69) is 15.3 Å². The molecule has 1 heterocycles. The summed E-state index contributed by atoms with van der Waals surface area (Å²) in [6.45, 7) is -0.657. The predicted molar refractivity (Wildman–Crippen MR) is 54.7 cm³/mol. The highest BCUT2D eigenvalue weighted by Gasteiger charge is 2.16. The van der Waals surface area contributed by atoms with Gasteiger partial charge in [-0.05, 0) is 0 Å². The van der Waals surface area contributed by atoms with Crippen molar-refractivity contribution in [2.75, 3.05) is 19.2 Å². The normalized spacial score (nSPS) is 9.71. The smallest absolute Gasteiger partial charge is 0.332 e. The minimum Gasteiger partial charge on any atom is -0.481 e. The lowest BCUT2D eigenvalue weighted by atomic mass is 10.4. The molecule has 9 nitrogen and oxygen atoms in total. The van der Waals surface area contributed by atoms with Gasteiger partial charge in [0.1, 0.15) is 0 Å². The van der Waals surface area contributed by atoms with Crippen LogP contribution in [0.1, 0.15) is 0 Å². The summed E-state index contributed by atoms with van der Waals surface area (Å²) in [5, 5.41) is 19.0. The zero-order chi connectivity index (χ0) is 12.8. The molecule has 17 heavy (non-hydrogen) atoms. The third-order valence-corrected chi connectivity index (χ3v) is 1.62. The van der Waals surface area contributed by atoms with E-state index in [0.29, 0.717) is 0 Å². The zero-order valence-electron chi connectivity index (χ0n) is 8.74. The number of methoxy groups -OCH3 is 1. The molecule has 0 atom stereocenters. The molecule has 0 bridgehead atoms. The first-order valence-electron chi connectivity index (χ1n) is 4.33. The Bertz CT molecular complexity index is 435. The number of rotatable bonds is 6. The fraction of sp³-hybridized carbons (Fsp3) is 0.250. The molecule has 0 aliphatic carbocycles. The number of nitrogens with one attached hydrogen (secondary N) is 1. The van der Waals surface area contributed by atoms with E-state index in [4.69, 9.17) is 9.84 Å². The summed E-state index contributed by atoms with van der Waals surface area (Å²) in [7, 11) is 1.34. The maximum atomic E-state index is 10.6. The molecule has 2 N–H and O–H groups in total. The molecule has 0 spiro atoms. The lowest BCUT2D eigenvalue weighted by Gasteiger charge is -2.06. The number of carboxylic acid groups (broad SMARTS) is 1. The van der Waals surface area contributed by atoms with Gasteiger partial charge < -0.3 is 9.84 Å². The average Bonchev–Trinajstić information content (AvgIpc) is 2.28. The van der Waals surface area contributed by atoms with Crippen molar-refractivity contribution in [3.05, 3.63) is 22.2 Å². The van der Waals surface area contributed by atoms with Crippen LogP contribution in [0, 0.1) is 10.1 Å². The Kier molecular flexibility index (Phi) is 4.17. The molecule has 0 amide bonds. The van der Waals surface area contributed by atoms with Crippen LogP contribution in [0.2, 0.25) is 0 Å². The van der Waals surface area contributed by atoms with Crippen molar-refractivity contribution in [2.45, 2.75) is 0 Å². The minimum absolute atomic E-state index is 0.136. The van der Waals surface area contributed by atoms with Crippen LogP contribution in [-0.2, 0) is 9.63 Å². The molecule has 1 aromatic heterocycles. The second-order valence-corrected chi connectivity index (χ2v) is 2.76. The Balaban J connectivity index is 2.85. The minimum atomic E-state index is -1.22. The quantitative estimate of drug-likeness (QED) is 0.544. The van der Waals surface area contributed by atoms with Crippen LogP contribution in [0.5, 0.6) is 5.88 Å². The van der Waals surface area contributed by atoms with Gasteiger partial charge in [-0.1, -0.05) is 0 Å². The Morgan fingerprint density at radius 1 is 1.65 bits per heavy atom. The maximum Gasteiger partial charge on any atom is 0.332 e. The summed E-state index contributed by atoms with van der Waals surface area (Å²) in [5.74, 6) is -1.31. The third kappa shape index (κ3) is 3.57. The lowest BCUT2D eigenvalue weighted by Crippen LogP contribution is -2.13. The number of anilines is 1. The Hall–Kier alpha value is -2.42. The predicted octanol–water partition coefficient (Wildman–Crippen LogP) is 0.426. The fourth-order valence-electron chi connectivity index (χ4n) is 0.936. The summed E-state index contributed by atoms with van der Waals surface area (Å²) < 4.78 is 4.77. The summed E-state index contributed by atoms with van der Waals surface area (Å²) in [4.78, 5) is 28.4. The topological polar surface area (TPSA) is 124 Å². The van der Waals surface area contributed by atoms with Crippen LogP contribution >= 0.6 is 0 Å². The van der Waals surface area contributed by atoms with Crippen LogP contribution in [0.3, 0.4) is 0 Å². The Morgan fingerprint density at radius 3 is 2.88 bits per heavy atom. The van der Waals surface area contributed by atoms with Gasteiger partial charge in [0, 0.05) is 12.1 Å². The summed E-state index contributed by atoms with van der Waals surface area (Å²) in [6, 6.07) is 2.47. The number of hydrogen-bond acceptors (Lipinski definition) is 7. The first kappa shape index (κ1) is 12.6. The number of nitrogens with zero attached hydrogens (tertiary/aromatic N) is 2. The molecule has 1 aromatic rings. The van der Waals surface area contributed by atoms with Crippen molar-refractivity contribution in [1.82, 2.24) is 4.98 Å². The van der Waals surface area contributed by atoms with Crippen LogP contribution in [0.15, 0.2) is 12.1 Å². The molecule has 0 fully saturated rings. The van der Waals surface area contributed by atoms with E-state index in [0.717, 1.165) is 6.07 Å². The van der Waals surface area contributed by atoms with Crippen molar-refractivity contribution in [2.24, 2.45) is 0 Å². The van der Waals surface area contributed by atoms with Crippen molar-refractivity contribution < 1.29 is 24.4 Å². The van der Waals surface area contributed by atoms with Gasteiger partial charge in [0.25, 0.3) is 0 Å². The zero-order valence-corrected chi connectivity index (χ0v) is 8.74. The number of aromatic nitrogens is 1. The molecule has 1 rings (SSSR count). The van der Waals surface area contributed by atoms with E-state index in [1.54, 1.807) is 0 Å². The molecule has 0 aromatic carbocycles. The molecular weight excluding hydrogens is 234 g/mol. The number of ether oxygens (including phenoxy) is 1. The second-order valence-electron chi connectivity index (χ2n) is 2.76. The average molecular weight is 243 g/mol. The van der Waals surface area contributed by atoms with Gasteiger partial charge in [-0.3, -0.25) is 15.0 Å². The van der Waals surface area contributed by atoms with Gasteiger partial charge in [0.2, 0.25) is 11.7 Å². The van der Waals surface area contributed by atoms with E-state index in [1.165, 1.54) is 13.2 Å². The third-order valence-electron chi connectivity index (χ3n) is 1.62. The maximum absolute atomic E-state index is 10.6. The number of hydrogen-bond donors (Lipinski definition) is 2. The van der Waals surface area contributed by atoms with Gasteiger partial charge in [0.15, 0.2) is 6.61 Å². The van der Waals surface area contributed by atoms with Gasteiger partial charge >= 0.3 is 11.7 Å². The van der Waals surface area contributed by atoms with E-state index in [-0.39, 0.29) is 17.4 Å². The summed E-state index contributed by atoms with van der Waals surface area (Å²) in [6.07, 6.45) is 0. The van der Waals surface area contributed by atoms with Crippen molar-refractivity contribution in [1.29, 1.82) is 0 Å². The lowest BCUT2D eigenvalue weighted by molar-refractivity contribution is -0.384. The summed E-state index contributed by atoms with van der Waals surface area (Å²) >= 11 is 0. The number of nitro groups is 1. The fourth-order valence-corrected chi connectivity index (χ4v) is 0.936. The van der Waals surface area contributed by atoms with E-state index in [1.807, 2.05) is 0 Å². The molecule has 0 unspecified atom stereocenters. The number of pyridine rings is 1. The van der Waals surface area contributed by atoms with Gasteiger partial charge in [0.05, 0.1) is 12.0 Å². The van der Waals surface area contributed by atoms with Gasteiger partial charge in [-0.25, -0.2) is 10.3 Å². The van der Waals surface area contributed by atoms with Crippen LogP contribution in [0.25, 0.3) is 0 Å². The van der Waals surface area contributed by atoms with E-state index in [9.17, 15) is 14.9 Å². The Morgan fingerprint density at radius 2 is 2.35 bits per heavy atom. The number of aliphatic carboxylic acids is 1. The molecule has 0 saturated heterocycles. The van der Waals surface area contributed by atoms with Gasteiger partial charge in [-0.2, -0.15) is 4.98 Å². The molecule has 0 saturated carbocycles. The van der Waals surface area contributed by atoms with Crippen molar-refractivity contribution in [3.8, 4) is 5.88 Å². The molecule has 0 aliphatic rings. The van der Waals surface area contributed by atoms with E-state index >= 15 is 0 Å². The van der Waals surface area contributed by atoms with Crippen molar-refractivity contribution >= 4 is 17.5 Å². The first-order chi connectivity index (χ1) is 8.04. The second kappa shape index (κ2) is 5.61. The highest BCUT2D eigenvalue weighted by atomic mass is 16.7. The Labute approximate surface area is 95.1 Å². The van der Waals surface area contributed by atoms with Crippen LogP contribution < -0.4 is 10.2 Å². The van der Waals surface area contributed by atoms with Crippen LogP contribution in [-0.4, -0.2) is 34.7 Å². The molecular formula is C8H9N3O6. The molecule has 0 radical (unpaired) electrons. The highest BCUT2D eigenvalue weighted by molar-refractivity contribution is 5.68. The molecule has 0 aliphatic heterocycles. The van der Waals surface area contributed by atoms with Gasteiger partial charge in [-0.15, -0.1) is 0 Å². The first-order valence-corrected chi connectivity index (χ1v) is 4.33. The van der Waals surface area contributed by atoms with Crippen LogP contribution in [0.4, 0.5) is 11.5 Å². The monoisotopic (exact) mass is 243 g/mol. The molecule has 92 valence electrons. The molecule has 9 heteroatoms. The number of carbonyl (C=O) groups is 1. The van der Waals surface area contributed by atoms with Crippen molar-refractivity contribution in [3.63, 3.8) is 0 Å².